The van der Waals surface area contributed by atoms with Crippen molar-refractivity contribution in [3.8, 4) is 5.75 Å². The van der Waals surface area contributed by atoms with Gasteiger partial charge in [-0.15, -0.1) is 0 Å². The van der Waals surface area contributed by atoms with Gasteiger partial charge in [0, 0.05) is 0 Å². The summed E-state index contributed by atoms with van der Waals surface area (Å²) in [7, 11) is 0. The number of halogens is 3. The van der Waals surface area contributed by atoms with Crippen molar-refractivity contribution in [1.29, 1.82) is 0 Å². The Labute approximate surface area is 112 Å². The molecule has 98 valence electrons. The van der Waals surface area contributed by atoms with Crippen molar-refractivity contribution in [2.24, 2.45) is 0 Å². The Bertz CT molecular complexity index is 605. The molecule has 2 aromatic carbocycles. The van der Waals surface area contributed by atoms with Gasteiger partial charge in [0.05, 0.1) is 5.69 Å². The molecule has 0 aromatic heterocycles. The molecule has 0 radical (unpaired) electrons. The SMILES string of the molecule is O=C(Nc1ccc(F)c(Cl)c1F)Oc1ccccc1. The van der Waals surface area contributed by atoms with E-state index >= 15 is 0 Å². The molecule has 0 aliphatic heterocycles. The summed E-state index contributed by atoms with van der Waals surface area (Å²) in [6.45, 7) is 0. The lowest BCUT2D eigenvalue weighted by Gasteiger charge is -2.08. The van der Waals surface area contributed by atoms with Crippen LogP contribution in [0.4, 0.5) is 19.3 Å². The zero-order chi connectivity index (χ0) is 13.8. The second kappa shape index (κ2) is 5.67. The van der Waals surface area contributed by atoms with Crippen LogP contribution in [0.3, 0.4) is 0 Å². The van der Waals surface area contributed by atoms with Crippen LogP contribution in [-0.4, -0.2) is 6.09 Å². The zero-order valence-corrected chi connectivity index (χ0v) is 10.2. The minimum Gasteiger partial charge on any atom is -0.410 e. The minimum absolute atomic E-state index is 0.257. The highest BCUT2D eigenvalue weighted by atomic mass is 35.5. The van der Waals surface area contributed by atoms with Gasteiger partial charge in [0.25, 0.3) is 0 Å². The van der Waals surface area contributed by atoms with Crippen LogP contribution in [0.2, 0.25) is 5.02 Å². The standard InChI is InChI=1S/C13H8ClF2NO2/c14-11-9(15)6-7-10(12(11)16)17-13(18)19-8-4-2-1-3-5-8/h1-7H,(H,17,18). The van der Waals surface area contributed by atoms with Crippen LogP contribution in [0.25, 0.3) is 0 Å². The first-order valence-corrected chi connectivity index (χ1v) is 5.63. The Balaban J connectivity index is 2.10. The van der Waals surface area contributed by atoms with E-state index in [0.717, 1.165) is 12.1 Å². The number of ether oxygens (including phenoxy) is 1. The molecule has 0 aliphatic carbocycles. The fourth-order valence-corrected chi connectivity index (χ4v) is 1.52. The van der Waals surface area contributed by atoms with E-state index in [2.05, 4.69) is 5.32 Å². The van der Waals surface area contributed by atoms with Crippen molar-refractivity contribution in [1.82, 2.24) is 0 Å². The summed E-state index contributed by atoms with van der Waals surface area (Å²) >= 11 is 5.38. The van der Waals surface area contributed by atoms with Crippen LogP contribution in [0.5, 0.6) is 5.75 Å². The third-order valence-corrected chi connectivity index (χ3v) is 2.57. The topological polar surface area (TPSA) is 38.3 Å². The number of amides is 1. The van der Waals surface area contributed by atoms with E-state index in [4.69, 9.17) is 16.3 Å². The molecule has 0 aliphatic rings. The summed E-state index contributed by atoms with van der Waals surface area (Å²) in [6, 6.07) is 10.2. The number of para-hydroxylation sites is 1. The molecule has 2 rings (SSSR count). The first-order chi connectivity index (χ1) is 9.08. The average molecular weight is 284 g/mol. The van der Waals surface area contributed by atoms with Gasteiger partial charge in [-0.3, -0.25) is 5.32 Å². The number of carbonyl (C=O) groups is 1. The van der Waals surface area contributed by atoms with Crippen molar-refractivity contribution in [3.63, 3.8) is 0 Å². The third-order valence-electron chi connectivity index (χ3n) is 2.23. The summed E-state index contributed by atoms with van der Waals surface area (Å²) in [5, 5.41) is 1.46. The van der Waals surface area contributed by atoms with E-state index in [1.54, 1.807) is 30.3 Å². The maximum absolute atomic E-state index is 13.5. The maximum atomic E-state index is 13.5. The fraction of sp³-hybridized carbons (Fsp3) is 0. The number of hydrogen-bond acceptors (Lipinski definition) is 2. The molecule has 2 aromatic rings. The Hall–Kier alpha value is -2.14. The third kappa shape index (κ3) is 3.20. The first kappa shape index (κ1) is 13.3. The van der Waals surface area contributed by atoms with Crippen LogP contribution in [0.1, 0.15) is 0 Å². The lowest BCUT2D eigenvalue weighted by molar-refractivity contribution is 0.215. The molecule has 1 amide bonds. The van der Waals surface area contributed by atoms with E-state index in [0.29, 0.717) is 5.75 Å². The van der Waals surface area contributed by atoms with E-state index in [9.17, 15) is 13.6 Å². The summed E-state index contributed by atoms with van der Waals surface area (Å²) < 4.78 is 31.3. The minimum atomic E-state index is -1.05. The van der Waals surface area contributed by atoms with Gasteiger partial charge in [0.1, 0.15) is 16.6 Å². The zero-order valence-electron chi connectivity index (χ0n) is 9.49. The van der Waals surface area contributed by atoms with Gasteiger partial charge in [-0.05, 0) is 24.3 Å². The number of hydrogen-bond donors (Lipinski definition) is 1. The smallest absolute Gasteiger partial charge is 0.410 e. The highest BCUT2D eigenvalue weighted by Crippen LogP contribution is 2.25. The van der Waals surface area contributed by atoms with E-state index in [1.165, 1.54) is 0 Å². The summed E-state index contributed by atoms with van der Waals surface area (Å²) in [5.41, 5.74) is -0.257. The van der Waals surface area contributed by atoms with Gasteiger partial charge < -0.3 is 4.74 Å². The monoisotopic (exact) mass is 283 g/mol. The van der Waals surface area contributed by atoms with E-state index < -0.39 is 22.8 Å². The Morgan fingerprint density at radius 2 is 1.79 bits per heavy atom. The molecule has 0 unspecified atom stereocenters. The highest BCUT2D eigenvalue weighted by Gasteiger charge is 2.14. The van der Waals surface area contributed by atoms with Gasteiger partial charge >= 0.3 is 6.09 Å². The number of benzene rings is 2. The maximum Gasteiger partial charge on any atom is 0.417 e. The molecule has 0 fully saturated rings. The number of carbonyl (C=O) groups excluding carboxylic acids is 1. The summed E-state index contributed by atoms with van der Waals surface area (Å²) in [4.78, 5) is 11.5. The van der Waals surface area contributed by atoms with Crippen LogP contribution in [0.15, 0.2) is 42.5 Å². The largest absolute Gasteiger partial charge is 0.417 e. The van der Waals surface area contributed by atoms with Gasteiger partial charge in [-0.1, -0.05) is 29.8 Å². The predicted molar refractivity (Wildman–Crippen MR) is 67.5 cm³/mol. The number of rotatable bonds is 2. The van der Waals surface area contributed by atoms with Crippen molar-refractivity contribution >= 4 is 23.4 Å². The molecule has 0 saturated heterocycles. The lowest BCUT2D eigenvalue weighted by Crippen LogP contribution is -2.17. The highest BCUT2D eigenvalue weighted by molar-refractivity contribution is 6.31. The van der Waals surface area contributed by atoms with Gasteiger partial charge in [-0.2, -0.15) is 0 Å². The van der Waals surface area contributed by atoms with Crippen LogP contribution >= 0.6 is 11.6 Å². The molecule has 1 N–H and O–H groups in total. The van der Waals surface area contributed by atoms with Crippen molar-refractivity contribution in [2.75, 3.05) is 5.32 Å². The van der Waals surface area contributed by atoms with Crippen molar-refractivity contribution < 1.29 is 18.3 Å². The van der Waals surface area contributed by atoms with E-state index in [1.807, 2.05) is 0 Å². The molecule has 0 spiro atoms. The molecule has 0 atom stereocenters. The fourth-order valence-electron chi connectivity index (χ4n) is 1.35. The van der Waals surface area contributed by atoms with Gasteiger partial charge in [0.2, 0.25) is 0 Å². The molecular formula is C13H8ClF2NO2. The molecule has 0 heterocycles. The van der Waals surface area contributed by atoms with Crippen molar-refractivity contribution in [2.45, 2.75) is 0 Å². The lowest BCUT2D eigenvalue weighted by atomic mass is 10.3. The Morgan fingerprint density at radius 3 is 2.47 bits per heavy atom. The van der Waals surface area contributed by atoms with Crippen molar-refractivity contribution in [3.05, 3.63) is 59.1 Å². The number of anilines is 1. The summed E-state index contributed by atoms with van der Waals surface area (Å²) in [5.74, 6) is -1.65. The first-order valence-electron chi connectivity index (χ1n) is 5.25. The molecule has 3 nitrogen and oxygen atoms in total. The Kier molecular flexibility index (Phi) is 3.97. The normalized spacial score (nSPS) is 10.1. The van der Waals surface area contributed by atoms with Gasteiger partial charge in [0.15, 0.2) is 5.82 Å². The number of nitrogens with one attached hydrogen (secondary N) is 1. The second-order valence-corrected chi connectivity index (χ2v) is 3.93. The van der Waals surface area contributed by atoms with Crippen LogP contribution in [0, 0.1) is 11.6 Å². The second-order valence-electron chi connectivity index (χ2n) is 3.55. The average Bonchev–Trinajstić information content (AvgIpc) is 2.41. The van der Waals surface area contributed by atoms with Gasteiger partial charge in [-0.25, -0.2) is 13.6 Å². The molecule has 0 bridgehead atoms. The predicted octanol–water partition coefficient (Wildman–Crippen LogP) is 4.23. The molecular weight excluding hydrogens is 276 g/mol. The van der Waals surface area contributed by atoms with E-state index in [-0.39, 0.29) is 5.69 Å². The quantitative estimate of drug-likeness (QED) is 0.838. The summed E-state index contributed by atoms with van der Waals surface area (Å²) in [6.07, 6.45) is -0.896. The Morgan fingerprint density at radius 1 is 1.11 bits per heavy atom. The van der Waals surface area contributed by atoms with Crippen LogP contribution < -0.4 is 10.1 Å². The molecule has 19 heavy (non-hydrogen) atoms. The molecule has 0 saturated carbocycles. The molecule has 6 heteroatoms. The van der Waals surface area contributed by atoms with Crippen LogP contribution in [-0.2, 0) is 0 Å².